The molecule has 1 atom stereocenters. The van der Waals surface area contributed by atoms with Crippen LogP contribution in [-0.2, 0) is 6.61 Å². The second kappa shape index (κ2) is 4.93. The van der Waals surface area contributed by atoms with Gasteiger partial charge in [0.2, 0.25) is 0 Å². The normalized spacial score (nSPS) is 13.0. The molecule has 0 bridgehead atoms. The van der Waals surface area contributed by atoms with E-state index in [1.54, 1.807) is 0 Å². The van der Waals surface area contributed by atoms with Gasteiger partial charge in [-0.2, -0.15) is 0 Å². The Kier molecular flexibility index (Phi) is 3.22. The van der Waals surface area contributed by atoms with Gasteiger partial charge in [0.25, 0.3) is 0 Å². The first-order valence-electron chi connectivity index (χ1n) is 6.95. The van der Waals surface area contributed by atoms with Crippen molar-refractivity contribution >= 4 is 16.7 Å². The summed E-state index contributed by atoms with van der Waals surface area (Å²) in [5.74, 6) is 2.40. The molecule has 1 aromatic carbocycles. The molecule has 3 aromatic rings. The summed E-state index contributed by atoms with van der Waals surface area (Å²) < 4.78 is 7.66. The fourth-order valence-corrected chi connectivity index (χ4v) is 2.91. The van der Waals surface area contributed by atoms with E-state index in [9.17, 15) is 5.11 Å². The largest absolute Gasteiger partial charge is 0.466 e. The lowest BCUT2D eigenvalue weighted by Crippen LogP contribution is -2.11. The predicted molar refractivity (Wildman–Crippen MR) is 82.1 cm³/mol. The number of nitrogens with two attached hydrogens (primary N) is 1. The molecule has 5 heteroatoms. The molecule has 2 aromatic heterocycles. The van der Waals surface area contributed by atoms with Crippen molar-refractivity contribution in [1.82, 2.24) is 9.55 Å². The molecule has 0 saturated carbocycles. The number of imidazole rings is 1. The van der Waals surface area contributed by atoms with Gasteiger partial charge in [-0.15, -0.1) is 0 Å². The Labute approximate surface area is 123 Å². The molecule has 3 N–H and O–H groups in total. The van der Waals surface area contributed by atoms with Gasteiger partial charge >= 0.3 is 0 Å². The van der Waals surface area contributed by atoms with E-state index in [-0.39, 0.29) is 12.6 Å². The second-order valence-electron chi connectivity index (χ2n) is 5.35. The van der Waals surface area contributed by atoms with Crippen molar-refractivity contribution in [2.24, 2.45) is 0 Å². The highest BCUT2D eigenvalue weighted by molar-refractivity contribution is 5.80. The van der Waals surface area contributed by atoms with Crippen LogP contribution >= 0.6 is 0 Å². The maximum Gasteiger partial charge on any atom is 0.136 e. The zero-order valence-corrected chi connectivity index (χ0v) is 12.4. The minimum Gasteiger partial charge on any atom is -0.466 e. The Morgan fingerprint density at radius 3 is 2.71 bits per heavy atom. The summed E-state index contributed by atoms with van der Waals surface area (Å²) in [4.78, 5) is 4.48. The molecule has 5 nitrogen and oxygen atoms in total. The first kappa shape index (κ1) is 13.7. The van der Waals surface area contributed by atoms with E-state index in [2.05, 4.69) is 11.9 Å². The Hall–Kier alpha value is -2.27. The summed E-state index contributed by atoms with van der Waals surface area (Å²) in [6.45, 7) is 5.85. The molecular formula is C16H19N3O2. The summed E-state index contributed by atoms with van der Waals surface area (Å²) in [5, 5.41) is 9.62. The molecular weight excluding hydrogens is 266 g/mol. The van der Waals surface area contributed by atoms with Crippen LogP contribution in [0.25, 0.3) is 11.0 Å². The summed E-state index contributed by atoms with van der Waals surface area (Å²) in [7, 11) is 0. The molecule has 0 aliphatic rings. The van der Waals surface area contributed by atoms with E-state index >= 15 is 0 Å². The monoisotopic (exact) mass is 285 g/mol. The first-order valence-corrected chi connectivity index (χ1v) is 6.95. The Morgan fingerprint density at radius 2 is 2.10 bits per heavy atom. The molecule has 0 saturated heterocycles. The number of fused-ring (bicyclic) bond motifs is 1. The lowest BCUT2D eigenvalue weighted by Gasteiger charge is -2.16. The van der Waals surface area contributed by atoms with E-state index in [1.165, 1.54) is 0 Å². The second-order valence-corrected chi connectivity index (χ2v) is 5.35. The summed E-state index contributed by atoms with van der Waals surface area (Å²) in [6, 6.07) is 7.67. The van der Waals surface area contributed by atoms with Gasteiger partial charge in [0.1, 0.15) is 24.0 Å². The van der Waals surface area contributed by atoms with Crippen LogP contribution in [0.3, 0.4) is 0 Å². The third-order valence-electron chi connectivity index (χ3n) is 3.84. The van der Waals surface area contributed by atoms with Crippen molar-refractivity contribution in [1.29, 1.82) is 0 Å². The molecule has 0 radical (unpaired) electrons. The molecule has 0 aliphatic heterocycles. The van der Waals surface area contributed by atoms with Gasteiger partial charge in [0.15, 0.2) is 0 Å². The number of aromatic nitrogens is 2. The van der Waals surface area contributed by atoms with Crippen LogP contribution in [0.4, 0.5) is 5.69 Å². The molecule has 0 fully saturated rings. The number of hydrogen-bond donors (Lipinski definition) is 2. The highest BCUT2D eigenvalue weighted by Gasteiger charge is 2.20. The van der Waals surface area contributed by atoms with E-state index in [0.717, 1.165) is 28.1 Å². The van der Waals surface area contributed by atoms with E-state index in [0.29, 0.717) is 11.5 Å². The van der Waals surface area contributed by atoms with Gasteiger partial charge in [-0.1, -0.05) is 0 Å². The van der Waals surface area contributed by atoms with Crippen LogP contribution in [0.1, 0.15) is 35.9 Å². The maximum atomic E-state index is 9.62. The molecule has 1 unspecified atom stereocenters. The van der Waals surface area contributed by atoms with Gasteiger partial charge in [0, 0.05) is 11.3 Å². The number of rotatable bonds is 3. The molecule has 2 heterocycles. The van der Waals surface area contributed by atoms with Crippen molar-refractivity contribution in [2.75, 3.05) is 5.73 Å². The third kappa shape index (κ3) is 2.19. The van der Waals surface area contributed by atoms with Gasteiger partial charge in [0.05, 0.1) is 17.1 Å². The Morgan fingerprint density at radius 1 is 1.33 bits per heavy atom. The number of nitrogen functional groups attached to an aromatic ring is 1. The molecule has 0 amide bonds. The number of anilines is 1. The number of nitrogens with zero attached hydrogens (tertiary/aromatic N) is 2. The fourth-order valence-electron chi connectivity index (χ4n) is 2.91. The van der Waals surface area contributed by atoms with Crippen LogP contribution in [0.2, 0.25) is 0 Å². The summed E-state index contributed by atoms with van der Waals surface area (Å²) >= 11 is 0. The standard InChI is InChI=1S/C16H19N3O2/c1-9-6-13(11(3)21-9)10(2)19-15-5-4-12(17)7-14(15)18-16(19)8-20/h4-7,10,20H,8,17H2,1-3H3. The summed E-state index contributed by atoms with van der Waals surface area (Å²) in [6.07, 6.45) is 0. The number of benzene rings is 1. The average molecular weight is 285 g/mol. The van der Waals surface area contributed by atoms with E-state index < -0.39 is 0 Å². The number of furan rings is 1. The molecule has 110 valence electrons. The van der Waals surface area contributed by atoms with Crippen molar-refractivity contribution in [2.45, 2.75) is 33.4 Å². The van der Waals surface area contributed by atoms with Crippen LogP contribution in [0.15, 0.2) is 28.7 Å². The minimum absolute atomic E-state index is 0.0261. The number of hydrogen-bond acceptors (Lipinski definition) is 4. The zero-order valence-electron chi connectivity index (χ0n) is 12.4. The van der Waals surface area contributed by atoms with E-state index in [4.69, 9.17) is 10.2 Å². The predicted octanol–water partition coefficient (Wildman–Crippen LogP) is 2.93. The number of aliphatic hydroxyl groups excluding tert-OH is 1. The first-order chi connectivity index (χ1) is 10.0. The number of aryl methyl sites for hydroxylation is 2. The SMILES string of the molecule is Cc1cc(C(C)n2c(CO)nc3cc(N)ccc32)c(C)o1. The quantitative estimate of drug-likeness (QED) is 0.725. The average Bonchev–Trinajstić information content (AvgIpc) is 2.97. The van der Waals surface area contributed by atoms with Crippen LogP contribution in [-0.4, -0.2) is 14.7 Å². The molecule has 0 spiro atoms. The maximum absolute atomic E-state index is 9.62. The summed E-state index contributed by atoms with van der Waals surface area (Å²) in [5.41, 5.74) is 9.33. The topological polar surface area (TPSA) is 77.2 Å². The molecule has 3 rings (SSSR count). The highest BCUT2D eigenvalue weighted by atomic mass is 16.3. The van der Waals surface area contributed by atoms with Crippen LogP contribution < -0.4 is 5.73 Å². The van der Waals surface area contributed by atoms with Gasteiger partial charge < -0.3 is 19.8 Å². The smallest absolute Gasteiger partial charge is 0.136 e. The fraction of sp³-hybridized carbons (Fsp3) is 0.312. The van der Waals surface area contributed by atoms with Crippen LogP contribution in [0.5, 0.6) is 0 Å². The number of aliphatic hydroxyl groups is 1. The Balaban J connectivity index is 2.20. The third-order valence-corrected chi connectivity index (χ3v) is 3.84. The van der Waals surface area contributed by atoms with Crippen molar-refractivity contribution in [3.8, 4) is 0 Å². The Bertz CT molecular complexity index is 801. The molecule has 0 aliphatic carbocycles. The lowest BCUT2D eigenvalue weighted by molar-refractivity contribution is 0.264. The lowest BCUT2D eigenvalue weighted by atomic mass is 10.1. The van der Waals surface area contributed by atoms with E-state index in [1.807, 2.05) is 42.7 Å². The van der Waals surface area contributed by atoms with Crippen LogP contribution in [0, 0.1) is 13.8 Å². The highest BCUT2D eigenvalue weighted by Crippen LogP contribution is 2.30. The molecule has 21 heavy (non-hydrogen) atoms. The van der Waals surface area contributed by atoms with Crippen molar-refractivity contribution < 1.29 is 9.52 Å². The minimum atomic E-state index is -0.116. The van der Waals surface area contributed by atoms with Crippen molar-refractivity contribution in [3.63, 3.8) is 0 Å². The van der Waals surface area contributed by atoms with Gasteiger partial charge in [-0.25, -0.2) is 4.98 Å². The zero-order chi connectivity index (χ0) is 15.1. The van der Waals surface area contributed by atoms with Gasteiger partial charge in [-0.3, -0.25) is 0 Å². The van der Waals surface area contributed by atoms with Gasteiger partial charge in [-0.05, 0) is 45.0 Å². The van der Waals surface area contributed by atoms with Crippen molar-refractivity contribution in [3.05, 3.63) is 47.2 Å².